The van der Waals surface area contributed by atoms with Crippen LogP contribution < -0.4 is 10.1 Å². The van der Waals surface area contributed by atoms with E-state index in [1.165, 1.54) is 0 Å². The van der Waals surface area contributed by atoms with Crippen molar-refractivity contribution in [1.29, 1.82) is 0 Å². The molecule has 0 amide bonds. The van der Waals surface area contributed by atoms with E-state index < -0.39 is 0 Å². The summed E-state index contributed by atoms with van der Waals surface area (Å²) in [6.07, 6.45) is 1.73. The normalized spacial score (nSPS) is 10.2. The molecule has 0 atom stereocenters. The van der Waals surface area contributed by atoms with E-state index in [1.54, 1.807) is 13.3 Å². The van der Waals surface area contributed by atoms with Crippen molar-refractivity contribution in [2.45, 2.75) is 6.92 Å². The first-order valence-corrected chi connectivity index (χ1v) is 6.30. The highest BCUT2D eigenvalue weighted by Gasteiger charge is 2.11. The number of benzene rings is 1. The monoisotopic (exact) mass is 307 g/mol. The van der Waals surface area contributed by atoms with Gasteiger partial charge in [0.05, 0.1) is 17.1 Å². The van der Waals surface area contributed by atoms with Gasteiger partial charge in [-0.15, -0.1) is 0 Å². The molecule has 1 heterocycles. The Morgan fingerprint density at radius 1 is 1.33 bits per heavy atom. The Bertz CT molecular complexity index is 572. The fourth-order valence-electron chi connectivity index (χ4n) is 1.66. The van der Waals surface area contributed by atoms with Gasteiger partial charge in [0.1, 0.15) is 11.6 Å². The van der Waals surface area contributed by atoms with Gasteiger partial charge in [0.15, 0.2) is 5.82 Å². The van der Waals surface area contributed by atoms with Gasteiger partial charge >= 0.3 is 0 Å². The second-order valence-electron chi connectivity index (χ2n) is 3.84. The van der Waals surface area contributed by atoms with E-state index in [-0.39, 0.29) is 0 Å². The first-order valence-electron chi connectivity index (χ1n) is 5.51. The first-order chi connectivity index (χ1) is 8.65. The highest BCUT2D eigenvalue weighted by atomic mass is 79.9. The van der Waals surface area contributed by atoms with Gasteiger partial charge in [0, 0.05) is 13.2 Å². The van der Waals surface area contributed by atoms with E-state index in [2.05, 4.69) is 31.2 Å². The molecule has 2 aromatic rings. The van der Waals surface area contributed by atoms with E-state index in [9.17, 15) is 0 Å². The van der Waals surface area contributed by atoms with Crippen LogP contribution in [-0.4, -0.2) is 24.1 Å². The van der Waals surface area contributed by atoms with Gasteiger partial charge in [0.2, 0.25) is 0 Å². The molecule has 4 nitrogen and oxygen atoms in total. The SMILES string of the molecule is CNc1nc(-c2ccc(C)cc2OC)ncc1Br. The van der Waals surface area contributed by atoms with Crippen LogP contribution in [0.5, 0.6) is 5.75 Å². The van der Waals surface area contributed by atoms with Crippen molar-refractivity contribution in [2.75, 3.05) is 19.5 Å². The number of rotatable bonds is 3. The third-order valence-corrected chi connectivity index (χ3v) is 3.16. The molecular weight excluding hydrogens is 294 g/mol. The molecule has 0 radical (unpaired) electrons. The highest BCUT2D eigenvalue weighted by molar-refractivity contribution is 9.10. The molecule has 0 bridgehead atoms. The molecule has 1 aromatic heterocycles. The van der Waals surface area contributed by atoms with E-state index >= 15 is 0 Å². The fraction of sp³-hybridized carbons (Fsp3) is 0.231. The molecule has 0 aliphatic heterocycles. The summed E-state index contributed by atoms with van der Waals surface area (Å²) < 4.78 is 6.21. The third-order valence-electron chi connectivity index (χ3n) is 2.58. The average Bonchev–Trinajstić information content (AvgIpc) is 2.39. The van der Waals surface area contributed by atoms with Gasteiger partial charge < -0.3 is 10.1 Å². The van der Waals surface area contributed by atoms with Crippen molar-refractivity contribution in [1.82, 2.24) is 9.97 Å². The average molecular weight is 308 g/mol. The lowest BCUT2D eigenvalue weighted by molar-refractivity contribution is 0.416. The lowest BCUT2D eigenvalue weighted by atomic mass is 10.1. The van der Waals surface area contributed by atoms with Crippen LogP contribution >= 0.6 is 15.9 Å². The molecule has 0 aliphatic carbocycles. The van der Waals surface area contributed by atoms with Crippen LogP contribution in [-0.2, 0) is 0 Å². The lowest BCUT2D eigenvalue weighted by Gasteiger charge is -2.10. The maximum atomic E-state index is 5.37. The van der Waals surface area contributed by atoms with Crippen molar-refractivity contribution in [2.24, 2.45) is 0 Å². The standard InChI is InChI=1S/C13H14BrN3O/c1-8-4-5-9(11(6-8)18-3)12-16-7-10(14)13(15-2)17-12/h4-7H,1-3H3,(H,15,16,17). The molecule has 2 rings (SSSR count). The predicted molar refractivity (Wildman–Crippen MR) is 76.0 cm³/mol. The number of halogens is 1. The lowest BCUT2D eigenvalue weighted by Crippen LogP contribution is -1.99. The van der Waals surface area contributed by atoms with Crippen molar-refractivity contribution >= 4 is 21.7 Å². The maximum Gasteiger partial charge on any atom is 0.165 e. The van der Waals surface area contributed by atoms with Crippen molar-refractivity contribution < 1.29 is 4.74 Å². The van der Waals surface area contributed by atoms with Gasteiger partial charge in [-0.25, -0.2) is 9.97 Å². The van der Waals surface area contributed by atoms with Crippen LogP contribution in [0.15, 0.2) is 28.9 Å². The minimum Gasteiger partial charge on any atom is -0.496 e. The van der Waals surface area contributed by atoms with E-state index in [1.807, 2.05) is 32.2 Å². The Morgan fingerprint density at radius 3 is 2.78 bits per heavy atom. The molecule has 0 unspecified atom stereocenters. The molecule has 0 fully saturated rings. The molecule has 0 spiro atoms. The van der Waals surface area contributed by atoms with E-state index in [4.69, 9.17) is 4.74 Å². The zero-order valence-corrected chi connectivity index (χ0v) is 12.1. The number of ether oxygens (including phenoxy) is 1. The smallest absolute Gasteiger partial charge is 0.165 e. The number of methoxy groups -OCH3 is 1. The number of hydrogen-bond acceptors (Lipinski definition) is 4. The van der Waals surface area contributed by atoms with Crippen molar-refractivity contribution in [3.63, 3.8) is 0 Å². The Kier molecular flexibility index (Phi) is 3.81. The highest BCUT2D eigenvalue weighted by Crippen LogP contribution is 2.30. The van der Waals surface area contributed by atoms with Gasteiger partial charge in [-0.3, -0.25) is 0 Å². The second kappa shape index (κ2) is 5.35. The van der Waals surface area contributed by atoms with Crippen LogP contribution in [0, 0.1) is 6.92 Å². The summed E-state index contributed by atoms with van der Waals surface area (Å²) in [7, 11) is 3.47. The molecule has 0 saturated heterocycles. The zero-order chi connectivity index (χ0) is 13.1. The summed E-state index contributed by atoms with van der Waals surface area (Å²) in [5, 5.41) is 3.02. The molecule has 0 aliphatic rings. The third kappa shape index (κ3) is 2.46. The Balaban J connectivity index is 2.54. The number of aromatic nitrogens is 2. The number of nitrogens with one attached hydrogen (secondary N) is 1. The number of aryl methyl sites for hydroxylation is 1. The van der Waals surface area contributed by atoms with Gasteiger partial charge in [0.25, 0.3) is 0 Å². The molecule has 1 aromatic carbocycles. The number of hydrogen-bond donors (Lipinski definition) is 1. The summed E-state index contributed by atoms with van der Waals surface area (Å²) in [5.74, 6) is 2.17. The molecule has 1 N–H and O–H groups in total. The topological polar surface area (TPSA) is 47.0 Å². The van der Waals surface area contributed by atoms with Crippen molar-refractivity contribution in [3.05, 3.63) is 34.4 Å². The summed E-state index contributed by atoms with van der Waals surface area (Å²) in [6.45, 7) is 2.02. The minimum atomic E-state index is 0.638. The predicted octanol–water partition coefficient (Wildman–Crippen LogP) is 3.26. The van der Waals surface area contributed by atoms with E-state index in [0.717, 1.165) is 27.2 Å². The van der Waals surface area contributed by atoms with Gasteiger partial charge in [-0.05, 0) is 40.5 Å². The quantitative estimate of drug-likeness (QED) is 0.945. The molecule has 0 saturated carbocycles. The second-order valence-corrected chi connectivity index (χ2v) is 4.70. The van der Waals surface area contributed by atoms with Crippen LogP contribution in [0.3, 0.4) is 0 Å². The molecule has 94 valence electrons. The molecule has 5 heteroatoms. The maximum absolute atomic E-state index is 5.37. The first kappa shape index (κ1) is 12.8. The van der Waals surface area contributed by atoms with Crippen LogP contribution in [0.1, 0.15) is 5.56 Å². The minimum absolute atomic E-state index is 0.638. The number of anilines is 1. The van der Waals surface area contributed by atoms with E-state index in [0.29, 0.717) is 5.82 Å². The molecule has 18 heavy (non-hydrogen) atoms. The zero-order valence-electron chi connectivity index (χ0n) is 10.5. The van der Waals surface area contributed by atoms with Gasteiger partial charge in [-0.1, -0.05) is 6.07 Å². The van der Waals surface area contributed by atoms with Crippen LogP contribution in [0.4, 0.5) is 5.82 Å². The summed E-state index contributed by atoms with van der Waals surface area (Å²) >= 11 is 3.39. The van der Waals surface area contributed by atoms with Crippen LogP contribution in [0.2, 0.25) is 0 Å². The largest absolute Gasteiger partial charge is 0.496 e. The Labute approximate surface area is 115 Å². The Hall–Kier alpha value is -1.62. The molecular formula is C13H14BrN3O. The summed E-state index contributed by atoms with van der Waals surface area (Å²) in [4.78, 5) is 8.77. The fourth-order valence-corrected chi connectivity index (χ4v) is 2.04. The summed E-state index contributed by atoms with van der Waals surface area (Å²) in [5.41, 5.74) is 2.02. The van der Waals surface area contributed by atoms with Crippen LogP contribution in [0.25, 0.3) is 11.4 Å². The summed E-state index contributed by atoms with van der Waals surface area (Å²) in [6, 6.07) is 5.96. The van der Waals surface area contributed by atoms with Gasteiger partial charge in [-0.2, -0.15) is 0 Å². The van der Waals surface area contributed by atoms with Crippen molar-refractivity contribution in [3.8, 4) is 17.1 Å². The Morgan fingerprint density at radius 2 is 2.11 bits per heavy atom. The number of nitrogens with zero attached hydrogens (tertiary/aromatic N) is 2.